The van der Waals surface area contributed by atoms with E-state index in [1.54, 1.807) is 54.1 Å². The lowest BCUT2D eigenvalue weighted by atomic mass is 10.2. The fourth-order valence-corrected chi connectivity index (χ4v) is 10.7. The number of nitrogens with zero attached hydrogens (tertiary/aromatic N) is 3. The first-order valence-electron chi connectivity index (χ1n) is 10.1. The number of nitrogens with one attached hydrogen (secondary N) is 1. The van der Waals surface area contributed by atoms with Crippen LogP contribution in [0.3, 0.4) is 0 Å². The van der Waals surface area contributed by atoms with Gasteiger partial charge < -0.3 is 20.6 Å². The quantitative estimate of drug-likeness (QED) is 0.241. The van der Waals surface area contributed by atoms with Gasteiger partial charge in [0.2, 0.25) is 5.95 Å². The number of aromatic nitrogens is 4. The van der Waals surface area contributed by atoms with E-state index in [0.717, 1.165) is 0 Å². The van der Waals surface area contributed by atoms with Crippen molar-refractivity contribution in [3.8, 4) is 0 Å². The van der Waals surface area contributed by atoms with Crippen molar-refractivity contribution in [2.75, 3.05) is 35.4 Å². The molecular formula is C16H22N5O6PS5. The van der Waals surface area contributed by atoms with Crippen LogP contribution in [0, 0.1) is 4.64 Å². The topological polar surface area (TPSA) is 147 Å². The molecule has 3 aliphatic heterocycles. The number of aliphatic hydroxyl groups excluding tert-OH is 1. The van der Waals surface area contributed by atoms with Crippen molar-refractivity contribution in [1.29, 1.82) is 0 Å². The third kappa shape index (κ3) is 5.71. The first-order chi connectivity index (χ1) is 15.9. The Labute approximate surface area is 210 Å². The third-order valence-corrected chi connectivity index (χ3v) is 12.0. The molecule has 0 saturated carbocycles. The fourth-order valence-electron chi connectivity index (χ4n) is 3.52. The summed E-state index contributed by atoms with van der Waals surface area (Å²) >= 11 is 5.25. The molecule has 0 spiro atoms. The van der Waals surface area contributed by atoms with Gasteiger partial charge in [-0.05, 0) is 0 Å². The number of aliphatic hydroxyl groups is 1. The molecule has 0 bridgehead atoms. The van der Waals surface area contributed by atoms with Gasteiger partial charge in [0, 0.05) is 29.4 Å². The van der Waals surface area contributed by atoms with Crippen LogP contribution in [0.5, 0.6) is 0 Å². The molecule has 3 aliphatic rings. The van der Waals surface area contributed by atoms with Crippen LogP contribution in [0.4, 0.5) is 5.95 Å². The van der Waals surface area contributed by atoms with E-state index >= 15 is 0 Å². The second-order valence-electron chi connectivity index (χ2n) is 7.54. The molecular weight excluding hydrogens is 550 g/mol. The fraction of sp³-hybridized carbons (Fsp3) is 0.688. The minimum atomic E-state index is -3.84. The van der Waals surface area contributed by atoms with Gasteiger partial charge in [0.15, 0.2) is 5.65 Å². The van der Waals surface area contributed by atoms with Crippen LogP contribution < -0.4 is 5.73 Å². The molecule has 33 heavy (non-hydrogen) atoms. The smallest absolute Gasteiger partial charge is 0.390 e. The molecule has 3 saturated heterocycles. The maximum Gasteiger partial charge on any atom is 0.475 e. The minimum absolute atomic E-state index is 0.142. The van der Waals surface area contributed by atoms with Gasteiger partial charge in [-0.15, -0.1) is 0 Å². The van der Waals surface area contributed by atoms with E-state index < -0.39 is 26.3 Å². The van der Waals surface area contributed by atoms with Crippen LogP contribution in [0.25, 0.3) is 11.2 Å². The number of hydrogen-bond donors (Lipinski definition) is 3. The molecule has 0 radical (unpaired) electrons. The third-order valence-electron chi connectivity index (χ3n) is 5.10. The molecule has 2 aromatic rings. The monoisotopic (exact) mass is 571 g/mol. The Kier molecular flexibility index (Phi) is 7.89. The summed E-state index contributed by atoms with van der Waals surface area (Å²) in [5.41, 5.74) is 6.73. The van der Waals surface area contributed by atoms with Crippen molar-refractivity contribution in [1.82, 2.24) is 19.5 Å². The summed E-state index contributed by atoms with van der Waals surface area (Å²) in [6.07, 6.45) is -0.766. The number of H-pyrrole nitrogens is 1. The van der Waals surface area contributed by atoms with Crippen molar-refractivity contribution < 1.29 is 28.0 Å². The molecule has 0 unspecified atom stereocenters. The molecule has 3 fully saturated rings. The average molecular weight is 572 g/mol. The number of ether oxygens (including phenoxy) is 1. The SMILES string of the molecule is Nc1nc2c(ncn2[C@H]2C[C@H](O)[C@@H](COP(=O)(OC3CSSC3)OC3CSSC3)O2)c(=S)[nH]1. The second-order valence-corrected chi connectivity index (χ2v) is 14.6. The summed E-state index contributed by atoms with van der Waals surface area (Å²) < 4.78 is 38.8. The van der Waals surface area contributed by atoms with Crippen molar-refractivity contribution in [3.63, 3.8) is 0 Å². The lowest BCUT2D eigenvalue weighted by Crippen LogP contribution is -2.28. The highest BCUT2D eigenvalue weighted by Crippen LogP contribution is 2.55. The molecule has 11 nitrogen and oxygen atoms in total. The molecule has 0 aliphatic carbocycles. The number of anilines is 1. The Balaban J connectivity index is 1.27. The van der Waals surface area contributed by atoms with E-state index in [-0.39, 0.29) is 31.2 Å². The summed E-state index contributed by atoms with van der Waals surface area (Å²) in [6, 6.07) is 0. The molecule has 4 N–H and O–H groups in total. The predicted octanol–water partition coefficient (Wildman–Crippen LogP) is 3.40. The highest BCUT2D eigenvalue weighted by molar-refractivity contribution is 8.77. The molecule has 182 valence electrons. The Hall–Kier alpha value is -0.000000000000000333. The van der Waals surface area contributed by atoms with Crippen molar-refractivity contribution >= 4 is 80.3 Å². The molecule has 0 aromatic carbocycles. The summed E-state index contributed by atoms with van der Waals surface area (Å²) in [4.78, 5) is 11.3. The van der Waals surface area contributed by atoms with Crippen LogP contribution in [-0.2, 0) is 22.9 Å². The highest BCUT2D eigenvalue weighted by atomic mass is 33.1. The average Bonchev–Trinajstić information content (AvgIpc) is 3.54. The first kappa shape index (κ1) is 24.7. The largest absolute Gasteiger partial charge is 0.475 e. The second kappa shape index (κ2) is 10.5. The molecule has 5 heterocycles. The van der Waals surface area contributed by atoms with E-state index in [9.17, 15) is 9.67 Å². The molecule has 17 heteroatoms. The summed E-state index contributed by atoms with van der Waals surface area (Å²) in [6.45, 7) is -0.142. The Morgan fingerprint density at radius 3 is 2.52 bits per heavy atom. The van der Waals surface area contributed by atoms with Gasteiger partial charge in [-0.3, -0.25) is 18.1 Å². The number of phosphoric ester groups is 1. The van der Waals surface area contributed by atoms with Crippen LogP contribution in [0.1, 0.15) is 12.6 Å². The highest BCUT2D eigenvalue weighted by Gasteiger charge is 2.41. The Bertz CT molecular complexity index is 1070. The van der Waals surface area contributed by atoms with E-state index in [4.69, 9.17) is 36.3 Å². The van der Waals surface area contributed by atoms with Crippen LogP contribution in [0.15, 0.2) is 6.33 Å². The molecule has 2 aromatic heterocycles. The predicted molar refractivity (Wildman–Crippen MR) is 135 cm³/mol. The summed E-state index contributed by atoms with van der Waals surface area (Å²) in [5.74, 6) is 3.02. The number of phosphoric acid groups is 1. The van der Waals surface area contributed by atoms with Gasteiger partial charge in [0.1, 0.15) is 22.5 Å². The molecule has 3 atom stereocenters. The van der Waals surface area contributed by atoms with Gasteiger partial charge in [-0.1, -0.05) is 55.4 Å². The number of aromatic amines is 1. The summed E-state index contributed by atoms with van der Waals surface area (Å²) in [7, 11) is 2.82. The van der Waals surface area contributed by atoms with Crippen LogP contribution >= 0.6 is 63.2 Å². The number of fused-ring (bicyclic) bond motifs is 1. The summed E-state index contributed by atoms with van der Waals surface area (Å²) in [5, 5.41) is 10.6. The van der Waals surface area contributed by atoms with E-state index in [1.807, 2.05) is 0 Å². The number of nitrogen functional groups attached to an aromatic ring is 1. The maximum atomic E-state index is 13.5. The van der Waals surface area contributed by atoms with E-state index in [0.29, 0.717) is 38.8 Å². The van der Waals surface area contributed by atoms with Crippen LogP contribution in [0.2, 0.25) is 0 Å². The van der Waals surface area contributed by atoms with Gasteiger partial charge in [-0.25, -0.2) is 9.55 Å². The number of nitrogens with two attached hydrogens (primary N) is 1. The van der Waals surface area contributed by atoms with Crippen molar-refractivity contribution in [2.45, 2.75) is 37.1 Å². The maximum absolute atomic E-state index is 13.5. The Morgan fingerprint density at radius 1 is 1.24 bits per heavy atom. The number of rotatable bonds is 8. The number of imidazole rings is 1. The van der Waals surface area contributed by atoms with Crippen molar-refractivity contribution in [3.05, 3.63) is 11.0 Å². The van der Waals surface area contributed by atoms with Gasteiger partial charge in [0.25, 0.3) is 0 Å². The van der Waals surface area contributed by atoms with Gasteiger partial charge in [-0.2, -0.15) is 4.98 Å². The van der Waals surface area contributed by atoms with Gasteiger partial charge >= 0.3 is 7.82 Å². The molecule has 0 amide bonds. The van der Waals surface area contributed by atoms with Crippen molar-refractivity contribution in [2.24, 2.45) is 0 Å². The lowest BCUT2D eigenvalue weighted by Gasteiger charge is -2.25. The minimum Gasteiger partial charge on any atom is -0.390 e. The van der Waals surface area contributed by atoms with E-state index in [2.05, 4.69) is 15.0 Å². The zero-order valence-electron chi connectivity index (χ0n) is 17.1. The van der Waals surface area contributed by atoms with Gasteiger partial charge in [0.05, 0.1) is 31.2 Å². The normalized spacial score (nSPS) is 27.2. The number of hydrogen-bond acceptors (Lipinski definition) is 14. The zero-order chi connectivity index (χ0) is 23.0. The Morgan fingerprint density at radius 2 is 1.88 bits per heavy atom. The standard InChI is InChI=1S/C16H22N5O6PS5/c17-16-19-14-13(15(29)20-16)18-7-21(14)12-1-10(22)11(25-12)2-24-28(23,26-8-3-30-31-4-8)27-9-5-32-33-6-9/h7-12,22H,1-6H2,(H3,17,19,20,29)/t10-,11+,12+/m0/s1. The molecule has 5 rings (SSSR count). The lowest BCUT2D eigenvalue weighted by molar-refractivity contribution is -0.0478. The van der Waals surface area contributed by atoms with E-state index in [1.165, 1.54) is 0 Å². The zero-order valence-corrected chi connectivity index (χ0v) is 22.1. The first-order valence-corrected chi connectivity index (χ1v) is 16.9. The van der Waals surface area contributed by atoms with Crippen LogP contribution in [-0.4, -0.2) is 78.7 Å².